The predicted octanol–water partition coefficient (Wildman–Crippen LogP) is 1.21. The Balaban J connectivity index is 1.64. The minimum absolute atomic E-state index is 0.125. The quantitative estimate of drug-likeness (QED) is 0.659. The zero-order chi connectivity index (χ0) is 19.4. The first-order chi connectivity index (χ1) is 12.9. The third-order valence-corrected chi connectivity index (χ3v) is 4.94. The van der Waals surface area contributed by atoms with E-state index in [1.807, 2.05) is 30.3 Å². The summed E-state index contributed by atoms with van der Waals surface area (Å²) in [7, 11) is 1.54. The highest BCUT2D eigenvalue weighted by molar-refractivity contribution is 7.14. The number of carbonyl (C=O) groups is 2. The highest BCUT2D eigenvalue weighted by Crippen LogP contribution is 2.22. The first-order valence-electron chi connectivity index (χ1n) is 8.23. The topological polar surface area (TPSA) is 115 Å². The Morgan fingerprint density at radius 2 is 1.89 bits per heavy atom. The molecule has 0 atom stereocenters. The number of aromatic nitrogens is 5. The van der Waals surface area contributed by atoms with Crippen LogP contribution in [0, 0.1) is 0 Å². The van der Waals surface area contributed by atoms with Crippen molar-refractivity contribution in [3.8, 4) is 10.6 Å². The van der Waals surface area contributed by atoms with Crippen molar-refractivity contribution in [3.05, 3.63) is 47.2 Å². The maximum atomic E-state index is 12.3. The molecule has 2 aromatic heterocycles. The lowest BCUT2D eigenvalue weighted by Crippen LogP contribution is -2.43. The number of nitrogens with one attached hydrogen (secondary N) is 2. The van der Waals surface area contributed by atoms with Crippen LogP contribution < -0.4 is 10.6 Å². The van der Waals surface area contributed by atoms with Gasteiger partial charge in [-0.1, -0.05) is 46.9 Å². The molecule has 0 aliphatic carbocycles. The molecule has 27 heavy (non-hydrogen) atoms. The second kappa shape index (κ2) is 7.62. The van der Waals surface area contributed by atoms with Gasteiger partial charge in [0.15, 0.2) is 5.69 Å². The van der Waals surface area contributed by atoms with Crippen molar-refractivity contribution in [2.45, 2.75) is 25.9 Å². The number of rotatable bonds is 6. The van der Waals surface area contributed by atoms with Gasteiger partial charge in [0, 0.05) is 12.6 Å². The first-order valence-corrected chi connectivity index (χ1v) is 9.04. The van der Waals surface area contributed by atoms with Gasteiger partial charge in [0.2, 0.25) is 5.91 Å². The summed E-state index contributed by atoms with van der Waals surface area (Å²) in [4.78, 5) is 24.2. The number of hydrogen-bond donors (Lipinski definition) is 2. The SMILES string of the molecule is CNC(=O)C(C)(C)n1cc(C(=O)NCc2nnc(-c3ccccc3)s2)nn1. The Hall–Kier alpha value is -3.14. The summed E-state index contributed by atoms with van der Waals surface area (Å²) < 4.78 is 1.36. The lowest BCUT2D eigenvalue weighted by Gasteiger charge is -2.21. The molecule has 0 fully saturated rings. The van der Waals surface area contributed by atoms with Gasteiger partial charge in [-0.25, -0.2) is 4.68 Å². The molecule has 10 heteroatoms. The van der Waals surface area contributed by atoms with Crippen LogP contribution >= 0.6 is 11.3 Å². The molecular formula is C17H19N7O2S. The first kappa shape index (κ1) is 18.6. The van der Waals surface area contributed by atoms with Crippen LogP contribution in [-0.2, 0) is 16.9 Å². The minimum Gasteiger partial charge on any atom is -0.357 e. The molecule has 3 rings (SSSR count). The molecule has 1 aromatic carbocycles. The molecule has 3 aromatic rings. The van der Waals surface area contributed by atoms with Crippen molar-refractivity contribution in [1.82, 2.24) is 35.8 Å². The second-order valence-corrected chi connectivity index (χ2v) is 7.30. The van der Waals surface area contributed by atoms with Crippen molar-refractivity contribution in [2.24, 2.45) is 0 Å². The standard InChI is InChI=1S/C17H19N7O2S/c1-17(2,16(26)18-3)24-10-12(20-23-24)14(25)19-9-13-21-22-15(27-13)11-7-5-4-6-8-11/h4-8,10H,9H2,1-3H3,(H,18,26)(H,19,25). The van der Waals surface area contributed by atoms with E-state index < -0.39 is 11.4 Å². The van der Waals surface area contributed by atoms with Gasteiger partial charge in [-0.3, -0.25) is 9.59 Å². The maximum absolute atomic E-state index is 12.3. The van der Waals surface area contributed by atoms with Gasteiger partial charge in [0.25, 0.3) is 5.91 Å². The number of carbonyl (C=O) groups excluding carboxylic acids is 2. The average molecular weight is 385 g/mol. The van der Waals surface area contributed by atoms with Crippen LogP contribution in [0.15, 0.2) is 36.5 Å². The fraction of sp³-hybridized carbons (Fsp3) is 0.294. The third kappa shape index (κ3) is 4.00. The molecule has 0 aliphatic rings. The van der Waals surface area contributed by atoms with Crippen LogP contribution in [0.1, 0.15) is 29.3 Å². The van der Waals surface area contributed by atoms with E-state index in [0.29, 0.717) is 5.01 Å². The molecule has 9 nitrogen and oxygen atoms in total. The van der Waals surface area contributed by atoms with Gasteiger partial charge in [-0.15, -0.1) is 15.3 Å². The van der Waals surface area contributed by atoms with Gasteiger partial charge in [-0.05, 0) is 13.8 Å². The molecule has 2 N–H and O–H groups in total. The number of benzene rings is 1. The normalized spacial score (nSPS) is 11.2. The fourth-order valence-corrected chi connectivity index (χ4v) is 3.10. The van der Waals surface area contributed by atoms with Gasteiger partial charge in [0.1, 0.15) is 15.6 Å². The number of hydrogen-bond acceptors (Lipinski definition) is 7. The van der Waals surface area contributed by atoms with Crippen molar-refractivity contribution in [1.29, 1.82) is 0 Å². The van der Waals surface area contributed by atoms with E-state index >= 15 is 0 Å². The van der Waals surface area contributed by atoms with Crippen LogP contribution in [0.3, 0.4) is 0 Å². The summed E-state index contributed by atoms with van der Waals surface area (Å²) in [6.07, 6.45) is 1.44. The predicted molar refractivity (Wildman–Crippen MR) is 99.9 cm³/mol. The Morgan fingerprint density at radius 1 is 1.15 bits per heavy atom. The number of nitrogens with zero attached hydrogens (tertiary/aromatic N) is 5. The molecule has 140 valence electrons. The van der Waals surface area contributed by atoms with Gasteiger partial charge in [-0.2, -0.15) is 0 Å². The minimum atomic E-state index is -0.954. The molecule has 0 spiro atoms. The summed E-state index contributed by atoms with van der Waals surface area (Å²) in [6, 6.07) is 9.71. The van der Waals surface area contributed by atoms with Crippen LogP contribution in [0.4, 0.5) is 0 Å². The molecule has 0 saturated heterocycles. The van der Waals surface area contributed by atoms with Crippen molar-refractivity contribution >= 4 is 23.2 Å². The van der Waals surface area contributed by atoms with E-state index in [2.05, 4.69) is 31.1 Å². The van der Waals surface area contributed by atoms with E-state index in [1.165, 1.54) is 22.2 Å². The van der Waals surface area contributed by atoms with E-state index in [4.69, 9.17) is 0 Å². The summed E-state index contributed by atoms with van der Waals surface area (Å²) in [6.45, 7) is 3.61. The summed E-state index contributed by atoms with van der Waals surface area (Å²) in [5.74, 6) is -0.632. The van der Waals surface area contributed by atoms with Crippen LogP contribution in [0.5, 0.6) is 0 Å². The van der Waals surface area contributed by atoms with Crippen LogP contribution in [0.25, 0.3) is 10.6 Å². The molecular weight excluding hydrogens is 366 g/mol. The molecule has 2 heterocycles. The lowest BCUT2D eigenvalue weighted by molar-refractivity contribution is -0.128. The maximum Gasteiger partial charge on any atom is 0.273 e. The lowest BCUT2D eigenvalue weighted by atomic mass is 10.1. The molecule has 2 amide bonds. The Labute approximate surface area is 159 Å². The second-order valence-electron chi connectivity index (χ2n) is 6.24. The summed E-state index contributed by atoms with van der Waals surface area (Å²) in [5, 5.41) is 22.8. The van der Waals surface area contributed by atoms with Gasteiger partial charge >= 0.3 is 0 Å². The van der Waals surface area contributed by atoms with E-state index in [9.17, 15) is 9.59 Å². The van der Waals surface area contributed by atoms with Gasteiger partial charge in [0.05, 0.1) is 12.7 Å². The van der Waals surface area contributed by atoms with Crippen LogP contribution in [0.2, 0.25) is 0 Å². The Bertz CT molecular complexity index is 949. The van der Waals surface area contributed by atoms with E-state index in [1.54, 1.807) is 20.9 Å². The largest absolute Gasteiger partial charge is 0.357 e. The highest BCUT2D eigenvalue weighted by Gasteiger charge is 2.31. The summed E-state index contributed by atoms with van der Waals surface area (Å²) in [5.41, 5.74) is 0.149. The van der Waals surface area contributed by atoms with E-state index in [0.717, 1.165) is 10.6 Å². The zero-order valence-corrected chi connectivity index (χ0v) is 15.9. The fourth-order valence-electron chi connectivity index (χ4n) is 2.32. The zero-order valence-electron chi connectivity index (χ0n) is 15.1. The molecule has 0 unspecified atom stereocenters. The van der Waals surface area contributed by atoms with Crippen LogP contribution in [-0.4, -0.2) is 44.1 Å². The van der Waals surface area contributed by atoms with Gasteiger partial charge < -0.3 is 10.6 Å². The summed E-state index contributed by atoms with van der Waals surface area (Å²) >= 11 is 1.41. The smallest absolute Gasteiger partial charge is 0.273 e. The third-order valence-electron chi connectivity index (χ3n) is 3.97. The number of amides is 2. The monoisotopic (exact) mass is 385 g/mol. The Morgan fingerprint density at radius 3 is 2.59 bits per heavy atom. The highest BCUT2D eigenvalue weighted by atomic mass is 32.1. The Kier molecular flexibility index (Phi) is 5.26. The number of likely N-dealkylation sites (N-methyl/N-ethyl adjacent to an activating group) is 1. The molecule has 0 aliphatic heterocycles. The molecule has 0 radical (unpaired) electrons. The van der Waals surface area contributed by atoms with Crippen molar-refractivity contribution in [2.75, 3.05) is 7.05 Å². The average Bonchev–Trinajstić information content (AvgIpc) is 3.36. The molecule has 0 saturated carbocycles. The van der Waals surface area contributed by atoms with E-state index in [-0.39, 0.29) is 18.1 Å². The van der Waals surface area contributed by atoms with Crippen molar-refractivity contribution < 1.29 is 9.59 Å². The molecule has 0 bridgehead atoms. The van der Waals surface area contributed by atoms with Crippen molar-refractivity contribution in [3.63, 3.8) is 0 Å².